The average molecular weight is 846 g/mol. The van der Waals surface area contributed by atoms with E-state index in [1.807, 2.05) is 58.0 Å². The van der Waals surface area contributed by atoms with Crippen LogP contribution in [0.3, 0.4) is 0 Å². The molecule has 0 aromatic heterocycles. The number of esters is 2. The minimum atomic E-state index is -2.52. The zero-order chi connectivity index (χ0) is 45.0. The Bertz CT molecular complexity index is 1570. The predicted molar refractivity (Wildman–Crippen MR) is 231 cm³/mol. The van der Waals surface area contributed by atoms with Crippen LogP contribution in [-0.2, 0) is 49.2 Å². The summed E-state index contributed by atoms with van der Waals surface area (Å²) < 4.78 is 23.9. The highest BCUT2D eigenvalue weighted by atomic mass is 28.4. The van der Waals surface area contributed by atoms with Gasteiger partial charge in [-0.25, -0.2) is 9.59 Å². The van der Waals surface area contributed by atoms with Gasteiger partial charge in [-0.05, 0) is 88.4 Å². The second-order valence-corrected chi connectivity index (χ2v) is 24.2. The zero-order valence-corrected chi connectivity index (χ0v) is 39.6. The molecule has 1 unspecified atom stereocenters. The van der Waals surface area contributed by atoms with Crippen molar-refractivity contribution in [1.82, 2.24) is 15.5 Å². The van der Waals surface area contributed by atoms with Gasteiger partial charge in [0.25, 0.3) is 0 Å². The molecule has 14 heteroatoms. The van der Waals surface area contributed by atoms with Crippen molar-refractivity contribution in [2.45, 2.75) is 183 Å². The molecule has 1 aliphatic heterocycles. The minimum absolute atomic E-state index is 0.00346. The highest BCUT2D eigenvalue weighted by molar-refractivity contribution is 6.74. The smallest absolute Gasteiger partial charge is 0.407 e. The summed E-state index contributed by atoms with van der Waals surface area (Å²) in [4.78, 5) is 83.5. The maximum atomic E-state index is 14.0. The number of amides is 3. The molecule has 13 nitrogen and oxygen atoms in total. The molecule has 1 heterocycles. The van der Waals surface area contributed by atoms with Gasteiger partial charge in [0.15, 0.2) is 20.2 Å². The third kappa shape index (κ3) is 16.0. The molecule has 0 aliphatic carbocycles. The highest BCUT2D eigenvalue weighted by Crippen LogP contribution is 2.39. The van der Waals surface area contributed by atoms with Crippen LogP contribution in [0.5, 0.6) is 0 Å². The molecule has 59 heavy (non-hydrogen) atoms. The molecule has 1 saturated heterocycles. The third-order valence-electron chi connectivity index (χ3n) is 11.3. The van der Waals surface area contributed by atoms with Crippen molar-refractivity contribution >= 4 is 43.9 Å². The summed E-state index contributed by atoms with van der Waals surface area (Å²) in [5, 5.41) is 5.54. The van der Waals surface area contributed by atoms with E-state index in [4.69, 9.17) is 18.6 Å². The van der Waals surface area contributed by atoms with Crippen LogP contribution >= 0.6 is 0 Å². The molecule has 0 saturated carbocycles. The number of alkyl carbamates (subject to hydrolysis) is 1. The number of ketones is 1. The number of likely N-dealkylation sites (tertiary alicyclic amines) is 1. The number of benzene rings is 1. The molecule has 0 radical (unpaired) electrons. The van der Waals surface area contributed by atoms with E-state index in [2.05, 4.69) is 44.5 Å². The van der Waals surface area contributed by atoms with Crippen LogP contribution in [0.15, 0.2) is 30.3 Å². The molecule has 7 atom stereocenters. The number of hydrogen-bond donors (Lipinski definition) is 2. The Labute approximate surface area is 354 Å². The van der Waals surface area contributed by atoms with E-state index in [-0.39, 0.29) is 36.3 Å². The normalized spacial score (nSPS) is 18.0. The van der Waals surface area contributed by atoms with E-state index in [0.717, 1.165) is 5.56 Å². The Kier molecular flexibility index (Phi) is 19.3. The summed E-state index contributed by atoms with van der Waals surface area (Å²) >= 11 is 0. The Hall–Kier alpha value is -3.78. The third-order valence-corrected chi connectivity index (χ3v) is 15.8. The molecular formula is C45H75N3O10Si. The standard InChI is InChI=1S/C45H75N3O10Si/c1-16-30(6)37(47-43(54)57-44(8,9)10)35(58-59(14,15)45(11,12)13)26-36(49)56-39(29(4)5)38(50)31(7)40(51)46-33(25-28(2)3)41(52)48-24-20-23-34(48)42(53)55-27-32-21-18-17-19-22-32/h17-19,21-22,28-31,33-35,37,39H,16,20,23-27H2,1-15H3,(H,46,51)(H,47,54)/t30-,31?,33-,34-,35-,37+,39-/m0/s1. The summed E-state index contributed by atoms with van der Waals surface area (Å²) in [5.74, 6) is -4.82. The Morgan fingerprint density at radius 2 is 1.51 bits per heavy atom. The first kappa shape index (κ1) is 51.4. The van der Waals surface area contributed by atoms with Crippen LogP contribution in [0, 0.1) is 23.7 Å². The van der Waals surface area contributed by atoms with Crippen LogP contribution in [-0.4, -0.2) is 91.3 Å². The first-order valence-corrected chi connectivity index (χ1v) is 24.3. The van der Waals surface area contributed by atoms with E-state index in [0.29, 0.717) is 25.8 Å². The zero-order valence-electron chi connectivity index (χ0n) is 38.6. The highest BCUT2D eigenvalue weighted by Gasteiger charge is 2.44. The summed E-state index contributed by atoms with van der Waals surface area (Å²) in [6, 6.07) is 6.88. The van der Waals surface area contributed by atoms with E-state index in [9.17, 15) is 28.8 Å². The van der Waals surface area contributed by atoms with Gasteiger partial charge < -0.3 is 34.2 Å². The van der Waals surface area contributed by atoms with Gasteiger partial charge in [0.05, 0.1) is 24.5 Å². The molecule has 0 spiro atoms. The number of nitrogens with zero attached hydrogens (tertiary/aromatic N) is 1. The van der Waals surface area contributed by atoms with Crippen molar-refractivity contribution < 1.29 is 47.4 Å². The van der Waals surface area contributed by atoms with E-state index in [1.54, 1.807) is 34.6 Å². The summed E-state index contributed by atoms with van der Waals surface area (Å²) in [5.41, 5.74) is 0.0811. The van der Waals surface area contributed by atoms with Gasteiger partial charge >= 0.3 is 18.0 Å². The van der Waals surface area contributed by atoms with Crippen LogP contribution in [0.4, 0.5) is 4.79 Å². The van der Waals surface area contributed by atoms with Crippen molar-refractivity contribution in [1.29, 1.82) is 0 Å². The Morgan fingerprint density at radius 1 is 0.898 bits per heavy atom. The lowest BCUT2D eigenvalue weighted by atomic mass is 9.92. The second kappa shape index (κ2) is 22.2. The molecule has 1 aliphatic rings. The number of carbonyl (C=O) groups is 6. The first-order valence-electron chi connectivity index (χ1n) is 21.4. The Morgan fingerprint density at radius 3 is 2.03 bits per heavy atom. The summed E-state index contributed by atoms with van der Waals surface area (Å²) in [6.45, 7) is 28.8. The Balaban J connectivity index is 2.29. The predicted octanol–water partition coefficient (Wildman–Crippen LogP) is 7.74. The van der Waals surface area contributed by atoms with Gasteiger partial charge in [0, 0.05) is 6.54 Å². The largest absolute Gasteiger partial charge is 0.459 e. The lowest BCUT2D eigenvalue weighted by Gasteiger charge is -2.42. The lowest BCUT2D eigenvalue weighted by Crippen LogP contribution is -2.55. The fourth-order valence-corrected chi connectivity index (χ4v) is 7.98. The molecule has 2 rings (SSSR count). The second-order valence-electron chi connectivity index (χ2n) is 19.4. The quantitative estimate of drug-likeness (QED) is 0.0574. The van der Waals surface area contributed by atoms with Gasteiger partial charge in [-0.2, -0.15) is 0 Å². The van der Waals surface area contributed by atoms with Gasteiger partial charge in [0.1, 0.15) is 24.3 Å². The van der Waals surface area contributed by atoms with Crippen molar-refractivity contribution in [2.24, 2.45) is 23.7 Å². The molecule has 0 bridgehead atoms. The molecule has 3 amide bonds. The fourth-order valence-electron chi connectivity index (χ4n) is 6.64. The number of nitrogens with one attached hydrogen (secondary N) is 2. The molecule has 1 aromatic carbocycles. The molecule has 1 aromatic rings. The maximum Gasteiger partial charge on any atom is 0.407 e. The molecule has 334 valence electrons. The van der Waals surface area contributed by atoms with Crippen LogP contribution in [0.25, 0.3) is 0 Å². The van der Waals surface area contributed by atoms with Crippen molar-refractivity contribution in [3.63, 3.8) is 0 Å². The topological polar surface area (TPSA) is 167 Å². The van der Waals surface area contributed by atoms with E-state index < -0.39 is 91.7 Å². The van der Waals surface area contributed by atoms with Crippen molar-refractivity contribution in [3.05, 3.63) is 35.9 Å². The molecule has 1 fully saturated rings. The van der Waals surface area contributed by atoms with E-state index >= 15 is 0 Å². The van der Waals surface area contributed by atoms with Crippen LogP contribution in [0.1, 0.15) is 128 Å². The SMILES string of the molecule is CC[C@H](C)[C@@H](NC(=O)OC(C)(C)C)[C@H](CC(=O)O[C@H](C(=O)C(C)C(=O)N[C@@H](CC(C)C)C(=O)N1CCC[C@H]1C(=O)OCc1ccccc1)C(C)C)O[Si](C)(C)C(C)(C)C. The first-order chi connectivity index (χ1) is 27.2. The molecular weight excluding hydrogens is 771 g/mol. The average Bonchev–Trinajstić information content (AvgIpc) is 3.62. The van der Waals surface area contributed by atoms with Gasteiger partial charge in [-0.1, -0.05) is 99.1 Å². The van der Waals surface area contributed by atoms with Gasteiger partial charge in [-0.3, -0.25) is 19.2 Å². The van der Waals surface area contributed by atoms with E-state index in [1.165, 1.54) is 11.8 Å². The fraction of sp³-hybridized carbons (Fsp3) is 0.733. The number of rotatable bonds is 20. The maximum absolute atomic E-state index is 14.0. The van der Waals surface area contributed by atoms with Crippen molar-refractivity contribution in [2.75, 3.05) is 6.54 Å². The monoisotopic (exact) mass is 846 g/mol. The van der Waals surface area contributed by atoms with Crippen LogP contribution in [0.2, 0.25) is 18.1 Å². The number of hydrogen-bond acceptors (Lipinski definition) is 10. The van der Waals surface area contributed by atoms with Crippen LogP contribution < -0.4 is 10.6 Å². The molecule has 2 N–H and O–H groups in total. The van der Waals surface area contributed by atoms with Gasteiger partial charge in [-0.15, -0.1) is 0 Å². The number of ether oxygens (including phenoxy) is 3. The lowest BCUT2D eigenvalue weighted by molar-refractivity contribution is -0.162. The van der Waals surface area contributed by atoms with Crippen molar-refractivity contribution in [3.8, 4) is 0 Å². The minimum Gasteiger partial charge on any atom is -0.459 e. The summed E-state index contributed by atoms with van der Waals surface area (Å²) in [7, 11) is -2.52. The number of carbonyl (C=O) groups excluding carboxylic acids is 6. The number of Topliss-reactive ketones (excluding diaryl/α,β-unsaturated/α-hetero) is 1. The van der Waals surface area contributed by atoms with Gasteiger partial charge in [0.2, 0.25) is 11.8 Å². The summed E-state index contributed by atoms with van der Waals surface area (Å²) in [6.07, 6.45) is -0.982.